The Bertz CT molecular complexity index is 701. The van der Waals surface area contributed by atoms with Gasteiger partial charge in [0.25, 0.3) is 0 Å². The van der Waals surface area contributed by atoms with E-state index >= 15 is 0 Å². The van der Waals surface area contributed by atoms with Crippen molar-refractivity contribution in [3.63, 3.8) is 0 Å². The lowest BCUT2D eigenvalue weighted by Gasteiger charge is -2.16. The molecule has 0 bridgehead atoms. The summed E-state index contributed by atoms with van der Waals surface area (Å²) >= 11 is 12.6. The molecule has 1 heterocycles. The van der Waals surface area contributed by atoms with E-state index < -0.39 is 16.1 Å². The maximum absolute atomic E-state index is 12.3. The third-order valence-electron chi connectivity index (χ3n) is 2.78. The first kappa shape index (κ1) is 16.7. The Morgan fingerprint density at radius 2 is 1.90 bits per heavy atom. The van der Waals surface area contributed by atoms with Gasteiger partial charge in [0.05, 0.1) is 10.9 Å². The first-order valence-electron chi connectivity index (χ1n) is 6.04. The molecule has 0 radical (unpaired) electrons. The van der Waals surface area contributed by atoms with Gasteiger partial charge < -0.3 is 5.11 Å². The molecule has 0 aliphatic carbocycles. The largest absolute Gasteiger partial charge is 0.395 e. The highest BCUT2D eigenvalue weighted by Gasteiger charge is 2.24. The highest BCUT2D eigenvalue weighted by molar-refractivity contribution is 7.89. The van der Waals surface area contributed by atoms with Crippen LogP contribution in [0, 0.1) is 0 Å². The number of sulfonamides is 1. The summed E-state index contributed by atoms with van der Waals surface area (Å²) in [6.45, 7) is -0.316. The molecule has 4 nitrogen and oxygen atoms in total. The Balaban J connectivity index is 2.16. The minimum Gasteiger partial charge on any atom is -0.395 e. The van der Waals surface area contributed by atoms with Crippen LogP contribution in [-0.4, -0.2) is 26.2 Å². The van der Waals surface area contributed by atoms with E-state index in [0.717, 1.165) is 16.9 Å². The number of benzene rings is 1. The van der Waals surface area contributed by atoms with Crippen molar-refractivity contribution < 1.29 is 13.5 Å². The van der Waals surface area contributed by atoms with Gasteiger partial charge in [0, 0.05) is 6.04 Å². The van der Waals surface area contributed by atoms with Gasteiger partial charge in [-0.2, -0.15) is 0 Å². The van der Waals surface area contributed by atoms with Crippen molar-refractivity contribution in [2.45, 2.75) is 17.4 Å². The maximum atomic E-state index is 12.3. The van der Waals surface area contributed by atoms with E-state index in [1.165, 1.54) is 6.07 Å². The summed E-state index contributed by atoms with van der Waals surface area (Å²) in [5.41, 5.74) is 0.925. The molecule has 0 aliphatic heterocycles. The number of hydrogen-bond donors (Lipinski definition) is 2. The molecule has 0 fully saturated rings. The van der Waals surface area contributed by atoms with Gasteiger partial charge in [0.2, 0.25) is 10.0 Å². The summed E-state index contributed by atoms with van der Waals surface area (Å²) in [6, 6.07) is 9.98. The predicted molar refractivity (Wildman–Crippen MR) is 85.7 cm³/mol. The van der Waals surface area contributed by atoms with Crippen LogP contribution in [0.2, 0.25) is 8.67 Å². The second-order valence-electron chi connectivity index (χ2n) is 4.38. The molecule has 8 heteroatoms. The fraction of sp³-hybridized carbons (Fsp3) is 0.231. The van der Waals surface area contributed by atoms with E-state index in [9.17, 15) is 13.5 Å². The molecule has 1 atom stereocenters. The van der Waals surface area contributed by atoms with E-state index in [0.29, 0.717) is 10.8 Å². The van der Waals surface area contributed by atoms with Crippen LogP contribution in [0.4, 0.5) is 0 Å². The van der Waals surface area contributed by atoms with E-state index in [4.69, 9.17) is 23.2 Å². The average Bonchev–Trinajstić information content (AvgIpc) is 2.79. The first-order chi connectivity index (χ1) is 9.92. The Kier molecular flexibility index (Phi) is 5.65. The molecular formula is C13H13Cl2NO3S2. The molecule has 1 unspecified atom stereocenters. The molecule has 1 aromatic heterocycles. The van der Waals surface area contributed by atoms with E-state index in [-0.39, 0.29) is 15.8 Å². The number of halogens is 2. The van der Waals surface area contributed by atoms with Crippen molar-refractivity contribution in [1.82, 2.24) is 4.72 Å². The van der Waals surface area contributed by atoms with Gasteiger partial charge in [0.15, 0.2) is 0 Å². The van der Waals surface area contributed by atoms with Gasteiger partial charge in [-0.05, 0) is 18.1 Å². The SMILES string of the molecule is O=S(=O)(NC(CO)Cc1ccccc1)c1cc(Cl)sc1Cl. The Hall–Kier alpha value is -0.630. The number of aliphatic hydroxyl groups is 1. The lowest BCUT2D eigenvalue weighted by Crippen LogP contribution is -2.39. The van der Waals surface area contributed by atoms with Crippen LogP contribution in [-0.2, 0) is 16.4 Å². The molecule has 0 amide bonds. The van der Waals surface area contributed by atoms with Crippen LogP contribution in [0.1, 0.15) is 5.56 Å². The van der Waals surface area contributed by atoms with Gasteiger partial charge in [-0.1, -0.05) is 53.5 Å². The highest BCUT2D eigenvalue weighted by Crippen LogP contribution is 2.34. The summed E-state index contributed by atoms with van der Waals surface area (Å²) in [5.74, 6) is 0. The summed E-state index contributed by atoms with van der Waals surface area (Å²) in [7, 11) is -3.82. The second-order valence-corrected chi connectivity index (χ2v) is 8.35. The monoisotopic (exact) mass is 365 g/mol. The molecule has 2 rings (SSSR count). The van der Waals surface area contributed by atoms with Crippen LogP contribution >= 0.6 is 34.5 Å². The number of thiophene rings is 1. The Morgan fingerprint density at radius 3 is 2.43 bits per heavy atom. The number of rotatable bonds is 6. The molecule has 114 valence electrons. The van der Waals surface area contributed by atoms with Gasteiger partial charge in [-0.15, -0.1) is 11.3 Å². The van der Waals surface area contributed by atoms with Crippen molar-refractivity contribution in [1.29, 1.82) is 0 Å². The van der Waals surface area contributed by atoms with Crippen molar-refractivity contribution in [2.24, 2.45) is 0 Å². The van der Waals surface area contributed by atoms with Crippen molar-refractivity contribution in [3.05, 3.63) is 50.6 Å². The average molecular weight is 366 g/mol. The highest BCUT2D eigenvalue weighted by atomic mass is 35.5. The van der Waals surface area contributed by atoms with Crippen LogP contribution in [0.25, 0.3) is 0 Å². The normalized spacial score (nSPS) is 13.3. The van der Waals surface area contributed by atoms with Crippen LogP contribution < -0.4 is 4.72 Å². The van der Waals surface area contributed by atoms with E-state index in [1.54, 1.807) is 0 Å². The first-order valence-corrected chi connectivity index (χ1v) is 9.10. The standard InChI is InChI=1S/C13H13Cl2NO3S2/c14-12-7-11(13(15)20-12)21(18,19)16-10(8-17)6-9-4-2-1-3-5-9/h1-5,7,10,16-17H,6,8H2. The zero-order valence-corrected chi connectivity index (χ0v) is 13.9. The van der Waals surface area contributed by atoms with Gasteiger partial charge >= 0.3 is 0 Å². The third-order valence-corrected chi connectivity index (χ3v) is 6.06. The fourth-order valence-electron chi connectivity index (χ4n) is 1.83. The zero-order valence-electron chi connectivity index (χ0n) is 10.8. The van der Waals surface area contributed by atoms with Crippen molar-refractivity contribution >= 4 is 44.6 Å². The summed E-state index contributed by atoms with van der Waals surface area (Å²) in [6.07, 6.45) is 0.381. The summed E-state index contributed by atoms with van der Waals surface area (Å²) in [4.78, 5) is -0.0642. The second kappa shape index (κ2) is 7.09. The molecule has 0 saturated heterocycles. The lowest BCUT2D eigenvalue weighted by atomic mass is 10.1. The smallest absolute Gasteiger partial charge is 0.243 e. The Morgan fingerprint density at radius 1 is 1.24 bits per heavy atom. The van der Waals surface area contributed by atoms with Crippen molar-refractivity contribution in [2.75, 3.05) is 6.61 Å². The zero-order chi connectivity index (χ0) is 15.5. The lowest BCUT2D eigenvalue weighted by molar-refractivity contribution is 0.256. The number of aliphatic hydroxyl groups excluding tert-OH is 1. The Labute approximate surface area is 137 Å². The molecule has 0 saturated carbocycles. The van der Waals surface area contributed by atoms with Crippen molar-refractivity contribution in [3.8, 4) is 0 Å². The van der Waals surface area contributed by atoms with Gasteiger partial charge in [-0.3, -0.25) is 0 Å². The predicted octanol–water partition coefficient (Wildman–Crippen LogP) is 2.94. The van der Waals surface area contributed by atoms with Crippen LogP contribution in [0.5, 0.6) is 0 Å². The topological polar surface area (TPSA) is 66.4 Å². The molecule has 21 heavy (non-hydrogen) atoms. The minimum absolute atomic E-state index is 0.0642. The molecule has 1 aromatic carbocycles. The molecule has 2 aromatic rings. The van der Waals surface area contributed by atoms with Gasteiger partial charge in [0.1, 0.15) is 9.23 Å². The molecular weight excluding hydrogens is 353 g/mol. The maximum Gasteiger partial charge on any atom is 0.243 e. The molecule has 2 N–H and O–H groups in total. The quantitative estimate of drug-likeness (QED) is 0.826. The number of hydrogen-bond acceptors (Lipinski definition) is 4. The summed E-state index contributed by atoms with van der Waals surface area (Å²) in [5, 5.41) is 9.39. The number of nitrogens with one attached hydrogen (secondary N) is 1. The van der Waals surface area contributed by atoms with Crippen LogP contribution in [0.15, 0.2) is 41.3 Å². The molecule has 0 spiro atoms. The van der Waals surface area contributed by atoms with Crippen LogP contribution in [0.3, 0.4) is 0 Å². The van der Waals surface area contributed by atoms with E-state index in [2.05, 4.69) is 4.72 Å². The molecule has 0 aliphatic rings. The summed E-state index contributed by atoms with van der Waals surface area (Å²) < 4.78 is 27.4. The van der Waals surface area contributed by atoms with E-state index in [1.807, 2.05) is 30.3 Å². The van der Waals surface area contributed by atoms with Gasteiger partial charge in [-0.25, -0.2) is 13.1 Å². The third kappa shape index (κ3) is 4.42. The fourth-order valence-corrected chi connectivity index (χ4v) is 5.21. The minimum atomic E-state index is -3.82.